The van der Waals surface area contributed by atoms with E-state index in [-0.39, 0.29) is 0 Å². The van der Waals surface area contributed by atoms with Crippen LogP contribution in [0.3, 0.4) is 0 Å². The van der Waals surface area contributed by atoms with E-state index in [0.717, 1.165) is 24.3 Å². The van der Waals surface area contributed by atoms with Gasteiger partial charge in [-0.15, -0.1) is 4.94 Å². The van der Waals surface area contributed by atoms with Crippen molar-refractivity contribution < 1.29 is 31.4 Å². The van der Waals surface area contributed by atoms with Gasteiger partial charge in [0.2, 0.25) is 11.5 Å². The first-order valence-electron chi connectivity index (χ1n) is 8.69. The second kappa shape index (κ2) is 6.95. The summed E-state index contributed by atoms with van der Waals surface area (Å²) in [5.74, 6) is -12.1. The van der Waals surface area contributed by atoms with Crippen LogP contribution < -0.4 is 0 Å². The van der Waals surface area contributed by atoms with Gasteiger partial charge in [-0.25, -0.2) is 17.6 Å². The van der Waals surface area contributed by atoms with Crippen molar-refractivity contribution in [3.8, 4) is 0 Å². The molecule has 0 N–H and O–H groups in total. The van der Waals surface area contributed by atoms with E-state index in [2.05, 4.69) is 4.94 Å². The van der Waals surface area contributed by atoms with Crippen molar-refractivity contribution in [1.29, 1.82) is 0 Å². The molecule has 150 valence electrons. The zero-order valence-electron chi connectivity index (χ0n) is 15.1. The van der Waals surface area contributed by atoms with Crippen molar-refractivity contribution >= 4 is 0 Å². The van der Waals surface area contributed by atoms with Gasteiger partial charge in [-0.3, -0.25) is 0 Å². The third-order valence-corrected chi connectivity index (χ3v) is 5.28. The average Bonchev–Trinajstić information content (AvgIpc) is 2.71. The van der Waals surface area contributed by atoms with Gasteiger partial charge in [0.15, 0.2) is 5.67 Å². The molecule has 0 radical (unpaired) electrons. The first-order chi connectivity index (χ1) is 13.2. The summed E-state index contributed by atoms with van der Waals surface area (Å²) in [6.07, 6.45) is 0. The van der Waals surface area contributed by atoms with Crippen LogP contribution >= 0.6 is 0 Å². The Hall–Kier alpha value is -2.28. The number of hydrogen-bond acceptors (Lipinski definition) is 1. The van der Waals surface area contributed by atoms with E-state index in [1.807, 2.05) is 0 Å². The van der Waals surface area contributed by atoms with E-state index in [1.54, 1.807) is 0 Å². The Bertz CT molecular complexity index is 871. The number of allylic oxidation sites excluding steroid dienone is 1. The summed E-state index contributed by atoms with van der Waals surface area (Å²) in [7, 11) is 0. The molecule has 28 heavy (non-hydrogen) atoms. The van der Waals surface area contributed by atoms with Crippen LogP contribution in [0.2, 0.25) is 0 Å². The molecular formula is C21H18F6O. The fourth-order valence-corrected chi connectivity index (χ4v) is 4.03. The van der Waals surface area contributed by atoms with Crippen molar-refractivity contribution in [3.05, 3.63) is 83.4 Å². The molecule has 0 saturated heterocycles. The zero-order valence-corrected chi connectivity index (χ0v) is 15.1. The molecule has 4 unspecified atom stereocenters. The molecule has 0 aromatic heterocycles. The van der Waals surface area contributed by atoms with Crippen molar-refractivity contribution in [2.75, 3.05) is 0 Å². The summed E-state index contributed by atoms with van der Waals surface area (Å²) in [5.41, 5.74) is -8.78. The van der Waals surface area contributed by atoms with E-state index in [1.165, 1.54) is 50.2 Å². The van der Waals surface area contributed by atoms with Crippen LogP contribution in [0.4, 0.5) is 26.5 Å². The van der Waals surface area contributed by atoms with Crippen LogP contribution in [-0.2, 0) is 16.3 Å². The Balaban J connectivity index is 2.50. The molecule has 0 amide bonds. The largest absolute Gasteiger partial charge is 0.340 e. The number of hydrogen-bond donors (Lipinski definition) is 0. The van der Waals surface area contributed by atoms with E-state index in [9.17, 15) is 13.3 Å². The first kappa shape index (κ1) is 20.5. The maximum Gasteiger partial charge on any atom is 0.340 e. The lowest BCUT2D eigenvalue weighted by Crippen LogP contribution is -2.64. The fourth-order valence-electron chi connectivity index (χ4n) is 4.03. The third-order valence-electron chi connectivity index (χ3n) is 5.28. The summed E-state index contributed by atoms with van der Waals surface area (Å²) in [6, 6.07) is 12.3. The van der Waals surface area contributed by atoms with Gasteiger partial charge >= 0.3 is 5.85 Å². The highest BCUT2D eigenvalue weighted by Crippen LogP contribution is 2.67. The van der Waals surface area contributed by atoms with Gasteiger partial charge < -0.3 is 0 Å². The molecular weight excluding hydrogens is 382 g/mol. The van der Waals surface area contributed by atoms with Crippen molar-refractivity contribution in [2.45, 2.75) is 31.0 Å². The lowest BCUT2D eigenvalue weighted by molar-refractivity contribution is -0.368. The quantitative estimate of drug-likeness (QED) is 0.518. The fraction of sp³-hybridized carbons (Fsp3) is 0.333. The zero-order chi connectivity index (χ0) is 20.7. The molecule has 0 saturated carbocycles. The molecule has 0 aliphatic heterocycles. The smallest absolute Gasteiger partial charge is 0.234 e. The highest BCUT2D eigenvalue weighted by Gasteiger charge is 2.79. The maximum atomic E-state index is 16.8. The van der Waals surface area contributed by atoms with E-state index >= 15 is 13.2 Å². The minimum atomic E-state index is -4.66. The van der Waals surface area contributed by atoms with E-state index in [4.69, 9.17) is 0 Å². The monoisotopic (exact) mass is 400 g/mol. The van der Waals surface area contributed by atoms with Gasteiger partial charge in [-0.2, -0.15) is 4.39 Å². The average molecular weight is 400 g/mol. The molecule has 4 atom stereocenters. The number of rotatable bonds is 4. The van der Waals surface area contributed by atoms with Crippen molar-refractivity contribution in [3.63, 3.8) is 0 Å². The SMILES string of the molecule is CC(C)C1C(F)=C(F)C(F)(OF)C(F)(c2ccccc2)C1(F)c1ccccc1. The molecule has 7 heteroatoms. The summed E-state index contributed by atoms with van der Waals surface area (Å²) < 4.78 is 91.5. The van der Waals surface area contributed by atoms with Gasteiger partial charge in [-0.05, 0) is 21.6 Å². The summed E-state index contributed by atoms with van der Waals surface area (Å²) in [4.78, 5) is 3.02. The molecule has 0 bridgehead atoms. The van der Waals surface area contributed by atoms with E-state index in [0.29, 0.717) is 0 Å². The predicted molar refractivity (Wildman–Crippen MR) is 92.1 cm³/mol. The van der Waals surface area contributed by atoms with Crippen molar-refractivity contribution in [1.82, 2.24) is 0 Å². The minimum Gasteiger partial charge on any atom is -0.234 e. The van der Waals surface area contributed by atoms with Gasteiger partial charge in [0.05, 0.1) is 5.92 Å². The Morgan fingerprint density at radius 1 is 0.821 bits per heavy atom. The molecule has 2 aromatic rings. The van der Waals surface area contributed by atoms with Gasteiger partial charge in [0.1, 0.15) is 5.83 Å². The van der Waals surface area contributed by atoms with Crippen molar-refractivity contribution in [2.24, 2.45) is 11.8 Å². The molecule has 0 spiro atoms. The normalized spacial score (nSPS) is 33.4. The van der Waals surface area contributed by atoms with Crippen LogP contribution in [0.25, 0.3) is 0 Å². The Morgan fingerprint density at radius 2 is 1.29 bits per heavy atom. The maximum absolute atomic E-state index is 16.8. The lowest BCUT2D eigenvalue weighted by atomic mass is 9.59. The van der Waals surface area contributed by atoms with Crippen LogP contribution in [0.1, 0.15) is 25.0 Å². The molecule has 3 rings (SSSR count). The molecule has 2 aromatic carbocycles. The second-order valence-electron chi connectivity index (χ2n) is 7.16. The summed E-state index contributed by atoms with van der Waals surface area (Å²) >= 11 is 0. The molecule has 0 heterocycles. The molecule has 1 aliphatic carbocycles. The van der Waals surface area contributed by atoms with Crippen LogP contribution in [0, 0.1) is 11.8 Å². The second-order valence-corrected chi connectivity index (χ2v) is 7.16. The molecule has 1 aliphatic rings. The third kappa shape index (κ3) is 2.45. The first-order valence-corrected chi connectivity index (χ1v) is 8.69. The highest BCUT2D eigenvalue weighted by molar-refractivity contribution is 5.45. The Morgan fingerprint density at radius 3 is 1.71 bits per heavy atom. The predicted octanol–water partition coefficient (Wildman–Crippen LogP) is 6.72. The van der Waals surface area contributed by atoms with Gasteiger partial charge in [-0.1, -0.05) is 74.5 Å². The van der Waals surface area contributed by atoms with Gasteiger partial charge in [0.25, 0.3) is 0 Å². The highest BCUT2D eigenvalue weighted by atomic mass is 19.3. The standard InChI is InChI=1S/C21H18F6O/c1-13(2)16-17(22)18(23)21(26,28-27)20(25,15-11-7-4-8-12-15)19(16,24)14-9-5-3-6-10-14/h3-13,16H,1-2H3. The number of alkyl halides is 3. The van der Waals surface area contributed by atoms with Gasteiger partial charge in [0, 0.05) is 0 Å². The summed E-state index contributed by atoms with van der Waals surface area (Å²) in [6.45, 7) is 2.67. The summed E-state index contributed by atoms with van der Waals surface area (Å²) in [5, 5.41) is 0. The van der Waals surface area contributed by atoms with Crippen LogP contribution in [-0.4, -0.2) is 5.85 Å². The molecule has 1 nitrogen and oxygen atoms in total. The Labute approximate surface area is 158 Å². The van der Waals surface area contributed by atoms with Crippen LogP contribution in [0.15, 0.2) is 72.3 Å². The Kier molecular flexibility index (Phi) is 5.08. The topological polar surface area (TPSA) is 9.23 Å². The number of halogens is 6. The molecule has 0 fully saturated rings. The number of benzene rings is 2. The van der Waals surface area contributed by atoms with E-state index < -0.39 is 51.8 Å². The van der Waals surface area contributed by atoms with Crippen LogP contribution in [0.5, 0.6) is 0 Å². The lowest BCUT2D eigenvalue weighted by Gasteiger charge is -2.52. The minimum absolute atomic E-state index is 0.471.